The fourth-order valence-corrected chi connectivity index (χ4v) is 3.70. The Kier molecular flexibility index (Phi) is 5.95. The van der Waals surface area contributed by atoms with Crippen LogP contribution in [0.2, 0.25) is 0 Å². The van der Waals surface area contributed by atoms with Crippen molar-refractivity contribution in [1.82, 2.24) is 15.3 Å². The van der Waals surface area contributed by atoms with Crippen molar-refractivity contribution >= 4 is 5.91 Å². The van der Waals surface area contributed by atoms with Gasteiger partial charge in [0.15, 0.2) is 0 Å². The number of nitrogens with zero attached hydrogens (tertiary/aromatic N) is 1. The minimum atomic E-state index is -0.175. The van der Waals surface area contributed by atoms with E-state index in [0.717, 1.165) is 16.7 Å². The van der Waals surface area contributed by atoms with Gasteiger partial charge in [-0.3, -0.25) is 4.79 Å². The van der Waals surface area contributed by atoms with E-state index in [4.69, 9.17) is 4.98 Å². The van der Waals surface area contributed by atoms with Gasteiger partial charge in [0.2, 0.25) is 0 Å². The molecule has 4 nitrogen and oxygen atoms in total. The number of H-pyrrole nitrogens is 1. The predicted molar refractivity (Wildman–Crippen MR) is 130 cm³/mol. The Bertz CT molecular complexity index is 1190. The number of aromatic nitrogens is 2. The minimum absolute atomic E-state index is 0.0601. The summed E-state index contributed by atoms with van der Waals surface area (Å²) in [7, 11) is 0. The Labute approximate surface area is 189 Å². The Morgan fingerprint density at radius 3 is 2.03 bits per heavy atom. The molecule has 3 aromatic carbocycles. The monoisotopic (exact) mass is 423 g/mol. The van der Waals surface area contributed by atoms with Crippen LogP contribution in [-0.2, 0) is 5.41 Å². The van der Waals surface area contributed by atoms with E-state index in [-0.39, 0.29) is 17.4 Å². The van der Waals surface area contributed by atoms with Gasteiger partial charge in [-0.25, -0.2) is 4.98 Å². The average molecular weight is 424 g/mol. The quantitative estimate of drug-likeness (QED) is 0.383. The van der Waals surface area contributed by atoms with Gasteiger partial charge in [0.05, 0.1) is 6.04 Å². The maximum absolute atomic E-state index is 13.3. The van der Waals surface area contributed by atoms with Crippen molar-refractivity contribution in [2.75, 3.05) is 0 Å². The third-order valence-electron chi connectivity index (χ3n) is 5.65. The second kappa shape index (κ2) is 8.83. The van der Waals surface area contributed by atoms with Crippen LogP contribution in [0.25, 0.3) is 22.6 Å². The molecule has 1 heterocycles. The lowest BCUT2D eigenvalue weighted by molar-refractivity contribution is 0.0936. The number of rotatable bonds is 5. The van der Waals surface area contributed by atoms with Crippen LogP contribution >= 0.6 is 0 Å². The minimum Gasteiger partial charge on any atom is -0.344 e. The van der Waals surface area contributed by atoms with Crippen molar-refractivity contribution in [3.05, 3.63) is 102 Å². The molecule has 0 aliphatic rings. The largest absolute Gasteiger partial charge is 0.344 e. The van der Waals surface area contributed by atoms with Crippen molar-refractivity contribution in [2.24, 2.45) is 0 Å². The van der Waals surface area contributed by atoms with Crippen LogP contribution in [-0.4, -0.2) is 15.9 Å². The van der Waals surface area contributed by atoms with Crippen molar-refractivity contribution in [3.63, 3.8) is 0 Å². The number of hydrogen-bond acceptors (Lipinski definition) is 2. The summed E-state index contributed by atoms with van der Waals surface area (Å²) in [6.45, 7) is 8.55. The molecule has 0 bridgehead atoms. The van der Waals surface area contributed by atoms with Gasteiger partial charge in [-0.15, -0.1) is 0 Å². The molecular weight excluding hydrogens is 394 g/mol. The number of imidazole rings is 1. The summed E-state index contributed by atoms with van der Waals surface area (Å²) in [6, 6.07) is 28.0. The number of aromatic amines is 1. The summed E-state index contributed by atoms with van der Waals surface area (Å²) in [5, 5.41) is 3.11. The first-order valence-electron chi connectivity index (χ1n) is 10.9. The molecule has 4 rings (SSSR count). The Hall–Kier alpha value is -3.66. The van der Waals surface area contributed by atoms with Crippen molar-refractivity contribution in [2.45, 2.75) is 39.2 Å². The zero-order valence-corrected chi connectivity index (χ0v) is 19.0. The summed E-state index contributed by atoms with van der Waals surface area (Å²) in [6.07, 6.45) is 0. The topological polar surface area (TPSA) is 57.8 Å². The van der Waals surface area contributed by atoms with Crippen LogP contribution in [0.4, 0.5) is 0 Å². The standard InChI is InChI=1S/C28H29N3O/c1-19(20-11-7-5-8-12-20)29-27(32)25-24(21-15-17-23(18-16-21)28(2,3)4)30-26(31-25)22-13-9-6-10-14-22/h5-19H,1-4H3,(H,29,32)(H,30,31). The first kappa shape index (κ1) is 21.6. The maximum Gasteiger partial charge on any atom is 0.270 e. The fraction of sp³-hybridized carbons (Fsp3) is 0.214. The SMILES string of the molecule is CC(NC(=O)c1[nH]c(-c2ccccc2)nc1-c1ccc(C(C)(C)C)cc1)c1ccccc1. The second-order valence-corrected chi connectivity index (χ2v) is 9.11. The molecule has 1 aromatic heterocycles. The molecule has 4 heteroatoms. The van der Waals surface area contributed by atoms with Gasteiger partial charge in [-0.2, -0.15) is 0 Å². The van der Waals surface area contributed by atoms with Gasteiger partial charge in [0.25, 0.3) is 5.91 Å². The Morgan fingerprint density at radius 1 is 0.844 bits per heavy atom. The number of carbonyl (C=O) groups excluding carboxylic acids is 1. The molecule has 0 saturated carbocycles. The Balaban J connectivity index is 1.71. The van der Waals surface area contributed by atoms with Gasteiger partial charge >= 0.3 is 0 Å². The molecule has 162 valence electrons. The third-order valence-corrected chi connectivity index (χ3v) is 5.65. The van der Waals surface area contributed by atoms with Crippen LogP contribution in [0.15, 0.2) is 84.9 Å². The zero-order valence-electron chi connectivity index (χ0n) is 19.0. The molecule has 4 aromatic rings. The fourth-order valence-electron chi connectivity index (χ4n) is 3.70. The molecule has 32 heavy (non-hydrogen) atoms. The van der Waals surface area contributed by atoms with Crippen molar-refractivity contribution < 1.29 is 4.79 Å². The molecule has 1 unspecified atom stereocenters. The van der Waals surface area contributed by atoms with E-state index in [0.29, 0.717) is 17.2 Å². The zero-order chi connectivity index (χ0) is 22.7. The van der Waals surface area contributed by atoms with E-state index in [2.05, 4.69) is 43.2 Å². The van der Waals surface area contributed by atoms with E-state index in [9.17, 15) is 4.79 Å². The van der Waals surface area contributed by atoms with Gasteiger partial charge in [-0.05, 0) is 23.5 Å². The summed E-state index contributed by atoms with van der Waals surface area (Å²) in [5.74, 6) is 0.504. The Morgan fingerprint density at radius 2 is 1.44 bits per heavy atom. The van der Waals surface area contributed by atoms with E-state index >= 15 is 0 Å². The van der Waals surface area contributed by atoms with E-state index in [1.54, 1.807) is 0 Å². The molecule has 2 N–H and O–H groups in total. The molecule has 0 fully saturated rings. The number of amides is 1. The highest BCUT2D eigenvalue weighted by molar-refractivity contribution is 5.99. The van der Waals surface area contributed by atoms with Gasteiger partial charge in [0, 0.05) is 11.1 Å². The van der Waals surface area contributed by atoms with Crippen LogP contribution in [0, 0.1) is 0 Å². The predicted octanol–water partition coefficient (Wildman–Crippen LogP) is 6.53. The summed E-state index contributed by atoms with van der Waals surface area (Å²) in [4.78, 5) is 21.4. The van der Waals surface area contributed by atoms with Gasteiger partial charge in [-0.1, -0.05) is 106 Å². The first-order valence-corrected chi connectivity index (χ1v) is 10.9. The molecule has 0 radical (unpaired) electrons. The van der Waals surface area contributed by atoms with E-state index < -0.39 is 0 Å². The number of carbonyl (C=O) groups is 1. The molecule has 0 aliphatic heterocycles. The average Bonchev–Trinajstić information content (AvgIpc) is 3.25. The summed E-state index contributed by atoms with van der Waals surface area (Å²) < 4.78 is 0. The number of nitrogens with one attached hydrogen (secondary N) is 2. The first-order chi connectivity index (χ1) is 15.3. The van der Waals surface area contributed by atoms with Crippen molar-refractivity contribution in [1.29, 1.82) is 0 Å². The molecule has 0 saturated heterocycles. The lowest BCUT2D eigenvalue weighted by Gasteiger charge is -2.19. The van der Waals surface area contributed by atoms with Gasteiger partial charge in [0.1, 0.15) is 17.2 Å². The smallest absolute Gasteiger partial charge is 0.270 e. The third kappa shape index (κ3) is 4.65. The molecule has 1 atom stereocenters. The van der Waals surface area contributed by atoms with E-state index in [1.165, 1.54) is 5.56 Å². The van der Waals surface area contributed by atoms with Crippen LogP contribution in [0.1, 0.15) is 55.4 Å². The molecular formula is C28H29N3O. The number of benzene rings is 3. The lowest BCUT2D eigenvalue weighted by atomic mass is 9.86. The van der Waals surface area contributed by atoms with Gasteiger partial charge < -0.3 is 10.3 Å². The maximum atomic E-state index is 13.3. The molecule has 1 amide bonds. The van der Waals surface area contributed by atoms with E-state index in [1.807, 2.05) is 79.7 Å². The highest BCUT2D eigenvalue weighted by atomic mass is 16.2. The number of hydrogen-bond donors (Lipinski definition) is 2. The molecule has 0 spiro atoms. The van der Waals surface area contributed by atoms with Crippen LogP contribution in [0.3, 0.4) is 0 Å². The lowest BCUT2D eigenvalue weighted by Crippen LogP contribution is -2.27. The van der Waals surface area contributed by atoms with Crippen LogP contribution in [0.5, 0.6) is 0 Å². The normalized spacial score (nSPS) is 12.4. The summed E-state index contributed by atoms with van der Waals surface area (Å²) >= 11 is 0. The highest BCUT2D eigenvalue weighted by Crippen LogP contribution is 2.29. The second-order valence-electron chi connectivity index (χ2n) is 9.11. The van der Waals surface area contributed by atoms with Crippen molar-refractivity contribution in [3.8, 4) is 22.6 Å². The van der Waals surface area contributed by atoms with Crippen LogP contribution < -0.4 is 5.32 Å². The summed E-state index contributed by atoms with van der Waals surface area (Å²) in [5.41, 5.74) is 5.33. The highest BCUT2D eigenvalue weighted by Gasteiger charge is 2.22. The molecule has 0 aliphatic carbocycles.